The lowest BCUT2D eigenvalue weighted by Crippen LogP contribution is -2.63. The van der Waals surface area contributed by atoms with Gasteiger partial charge in [0.05, 0.1) is 23.1 Å². The van der Waals surface area contributed by atoms with E-state index in [4.69, 9.17) is 33.2 Å². The summed E-state index contributed by atoms with van der Waals surface area (Å²) < 4.78 is 39.2. The normalized spacial score (nSPS) is 26.5. The fourth-order valence-corrected chi connectivity index (χ4v) is 8.13. The van der Waals surface area contributed by atoms with Crippen molar-refractivity contribution in [3.63, 3.8) is 0 Å². The number of phenols is 9. The Labute approximate surface area is 369 Å². The maximum absolute atomic E-state index is 14.6. The van der Waals surface area contributed by atoms with Gasteiger partial charge in [-0.05, 0) is 30.3 Å². The third kappa shape index (κ3) is 7.44. The highest BCUT2D eigenvalue weighted by Crippen LogP contribution is 2.53. The summed E-state index contributed by atoms with van der Waals surface area (Å²) in [5.74, 6) is -28.7. The molecule has 0 saturated carbocycles. The van der Waals surface area contributed by atoms with Crippen LogP contribution in [0.1, 0.15) is 37.5 Å². The first-order valence-corrected chi connectivity index (χ1v) is 19.0. The number of carboxylic acids is 1. The summed E-state index contributed by atoms with van der Waals surface area (Å²) in [7, 11) is 0. The van der Waals surface area contributed by atoms with Crippen molar-refractivity contribution in [1.29, 1.82) is 0 Å². The average Bonchev–Trinajstić information content (AvgIpc) is 3.27. The molecule has 12 N–H and O–H groups in total. The zero-order chi connectivity index (χ0) is 48.7. The van der Waals surface area contributed by atoms with Crippen LogP contribution in [-0.2, 0) is 52.3 Å². The number of aliphatic hydroxyl groups excluding tert-OH is 2. The van der Waals surface area contributed by atoms with Crippen LogP contribution in [0.25, 0.3) is 11.1 Å². The van der Waals surface area contributed by atoms with Gasteiger partial charge in [-0.1, -0.05) is 0 Å². The summed E-state index contributed by atoms with van der Waals surface area (Å²) in [6.07, 6.45) is -14.1. The van der Waals surface area contributed by atoms with E-state index in [2.05, 4.69) is 0 Å². The number of carbonyl (C=O) groups is 7. The summed E-state index contributed by atoms with van der Waals surface area (Å²) in [4.78, 5) is 96.5. The van der Waals surface area contributed by atoms with Crippen molar-refractivity contribution in [3.8, 4) is 62.9 Å². The molecule has 67 heavy (non-hydrogen) atoms. The number of fused-ring (bicyclic) bond motifs is 3. The van der Waals surface area contributed by atoms with E-state index in [0.29, 0.717) is 30.3 Å². The van der Waals surface area contributed by atoms with Crippen molar-refractivity contribution in [2.75, 3.05) is 6.61 Å². The Hall–Kier alpha value is -9.07. The number of carboxylic acid groups (broad SMARTS) is 1. The van der Waals surface area contributed by atoms with E-state index in [1.807, 2.05) is 0 Å². The molecule has 26 nitrogen and oxygen atoms in total. The summed E-state index contributed by atoms with van der Waals surface area (Å²) in [6, 6.07) is 2.01. The first-order chi connectivity index (χ1) is 31.6. The highest BCUT2D eigenvalue weighted by atomic mass is 16.7. The Kier molecular flexibility index (Phi) is 10.8. The minimum atomic E-state index is -2.51. The number of carbonyl (C=O) groups excluding carboxylic acids is 6. The molecule has 0 unspecified atom stereocenters. The Morgan fingerprint density at radius 2 is 1.18 bits per heavy atom. The third-order valence-electron chi connectivity index (χ3n) is 11.2. The number of phenolic OH excluding ortho intramolecular Hbond substituents is 9. The molecule has 4 heterocycles. The van der Waals surface area contributed by atoms with Crippen LogP contribution in [0.4, 0.5) is 0 Å². The maximum Gasteiger partial charge on any atom is 0.340 e. The smallest absolute Gasteiger partial charge is 0.340 e. The molecular formula is C41H30O26. The van der Waals surface area contributed by atoms with E-state index in [0.717, 1.165) is 0 Å². The second-order valence-electron chi connectivity index (χ2n) is 15.1. The zero-order valence-electron chi connectivity index (χ0n) is 33.1. The Balaban J connectivity index is 1.37. The molecule has 350 valence electrons. The Morgan fingerprint density at radius 1 is 0.627 bits per heavy atom. The number of rotatable bonds is 3. The molecule has 3 fully saturated rings. The lowest BCUT2D eigenvalue weighted by molar-refractivity contribution is -0.290. The van der Waals surface area contributed by atoms with E-state index in [-0.39, 0.29) is 6.08 Å². The van der Waals surface area contributed by atoms with Crippen LogP contribution in [0.3, 0.4) is 0 Å². The van der Waals surface area contributed by atoms with Gasteiger partial charge >= 0.3 is 41.8 Å². The fourth-order valence-electron chi connectivity index (χ4n) is 8.13. The summed E-state index contributed by atoms with van der Waals surface area (Å²) in [5, 5.41) is 126. The van der Waals surface area contributed by atoms with Gasteiger partial charge in [0.15, 0.2) is 70.1 Å². The summed E-state index contributed by atoms with van der Waals surface area (Å²) in [6.45, 7) is -1.27. The van der Waals surface area contributed by atoms with Gasteiger partial charge in [0.25, 0.3) is 0 Å². The average molecular weight is 939 g/mol. The zero-order valence-corrected chi connectivity index (χ0v) is 33.1. The molecule has 8 atom stereocenters. The highest BCUT2D eigenvalue weighted by molar-refractivity contribution is 6.08. The molecule has 3 aromatic rings. The molecule has 26 heteroatoms. The van der Waals surface area contributed by atoms with Crippen LogP contribution in [0.5, 0.6) is 51.7 Å². The lowest BCUT2D eigenvalue weighted by Gasteiger charge is -2.44. The molecule has 0 aromatic heterocycles. The summed E-state index contributed by atoms with van der Waals surface area (Å²) in [5.41, 5.74) is -6.79. The summed E-state index contributed by atoms with van der Waals surface area (Å²) >= 11 is 0. The quantitative estimate of drug-likeness (QED) is 0.0742. The number of cyclic esters (lactones) is 1. The van der Waals surface area contributed by atoms with Crippen LogP contribution in [-0.4, -0.2) is 146 Å². The van der Waals surface area contributed by atoms with Gasteiger partial charge < -0.3 is 94.4 Å². The van der Waals surface area contributed by atoms with Crippen molar-refractivity contribution < 1.29 is 128 Å². The van der Waals surface area contributed by atoms with Gasteiger partial charge in [-0.2, -0.15) is 0 Å². The lowest BCUT2D eigenvalue weighted by atomic mass is 9.71. The van der Waals surface area contributed by atoms with Gasteiger partial charge in [0.1, 0.15) is 12.7 Å². The molecule has 4 bridgehead atoms. The van der Waals surface area contributed by atoms with Crippen LogP contribution < -0.4 is 0 Å². The van der Waals surface area contributed by atoms with Crippen LogP contribution >= 0.6 is 0 Å². The highest BCUT2D eigenvalue weighted by Gasteiger charge is 2.58. The van der Waals surface area contributed by atoms with Crippen molar-refractivity contribution in [2.45, 2.75) is 43.2 Å². The number of ether oxygens (including phenoxy) is 7. The first-order valence-electron chi connectivity index (χ1n) is 19.0. The van der Waals surface area contributed by atoms with Crippen LogP contribution in [0, 0.1) is 11.8 Å². The molecule has 5 aliphatic rings. The number of esters is 6. The fraction of sp³-hybridized carbons (Fsp3) is 0.244. The number of allylic oxidation sites excluding steroid dienone is 1. The molecule has 3 saturated heterocycles. The standard InChI is InChI=1S/C41H30O26/c42-15-1-9(2-16(43)26(15)50)36(56)67-41-35-34-32(64-38(58)11(6-21(47)48)10-7-22(49)63-33-23(10)12(39(59)66-35)3-19(46)29(33)53)20(62-41)8-61-37(57)13-4-17(44)27(51)30(54)24(13)25-14(40(60)65-34)5-18(45)28(52)31(25)55/h1-6,10,20,23,32-35,41-46,50-55H,7-8H2,(H,47,48)/t10-,20+,23-,32+,33-,34-,35+,41-/m0/s1. The van der Waals surface area contributed by atoms with E-state index in [1.54, 1.807) is 0 Å². The number of benzene rings is 3. The van der Waals surface area contributed by atoms with Gasteiger partial charge in [-0.15, -0.1) is 0 Å². The number of aliphatic hydroxyl groups is 2. The monoisotopic (exact) mass is 938 g/mol. The molecule has 0 amide bonds. The van der Waals surface area contributed by atoms with E-state index in [9.17, 15) is 94.8 Å². The SMILES string of the molecule is O=C(O)C=C1C(=O)O[C@H]2[C@@H]3OC(=O)c4cc(O)c(O)c(O)c4-c4c(cc(O)c(O)c4O)C(=O)OC[C@H]2O[C@@H](OC(=O)c2cc(O)c(O)c(O)c2)[C@@H]3OC(=O)C2=CC(O)=C(O)[C@H]3OC(=O)C[C@@H]1[C@@H]23. The van der Waals surface area contributed by atoms with Crippen molar-refractivity contribution in [2.24, 2.45) is 11.8 Å². The Bertz CT molecular complexity index is 2830. The molecule has 8 rings (SSSR count). The van der Waals surface area contributed by atoms with Crippen molar-refractivity contribution >= 4 is 41.8 Å². The molecule has 4 aliphatic heterocycles. The second-order valence-corrected chi connectivity index (χ2v) is 15.1. The van der Waals surface area contributed by atoms with Gasteiger partial charge in [0, 0.05) is 40.2 Å². The van der Waals surface area contributed by atoms with Gasteiger partial charge in [0.2, 0.25) is 23.9 Å². The topological polar surface area (TPSA) is 427 Å². The van der Waals surface area contributed by atoms with E-state index >= 15 is 0 Å². The predicted molar refractivity (Wildman–Crippen MR) is 204 cm³/mol. The molecule has 0 radical (unpaired) electrons. The van der Waals surface area contributed by atoms with E-state index in [1.165, 1.54) is 0 Å². The van der Waals surface area contributed by atoms with Gasteiger partial charge in [-0.25, -0.2) is 28.8 Å². The molecule has 0 spiro atoms. The second kappa shape index (κ2) is 16.2. The number of aromatic hydroxyl groups is 9. The number of aliphatic carboxylic acids is 1. The number of hydrogen-bond acceptors (Lipinski definition) is 25. The largest absolute Gasteiger partial charge is 0.505 e. The minimum absolute atomic E-state index is 0.251. The van der Waals surface area contributed by atoms with Crippen molar-refractivity contribution in [3.05, 3.63) is 75.8 Å². The van der Waals surface area contributed by atoms with Crippen molar-refractivity contribution in [1.82, 2.24) is 0 Å². The first kappa shape index (κ1) is 44.5. The number of hydrogen-bond donors (Lipinski definition) is 12. The van der Waals surface area contributed by atoms with Gasteiger partial charge in [-0.3, -0.25) is 4.79 Å². The molecular weight excluding hydrogens is 908 g/mol. The minimum Gasteiger partial charge on any atom is -0.505 e. The van der Waals surface area contributed by atoms with E-state index < -0.39 is 206 Å². The predicted octanol–water partition coefficient (Wildman–Crippen LogP) is 0.645. The van der Waals surface area contributed by atoms with Crippen LogP contribution in [0.15, 0.2) is 59.1 Å². The Morgan fingerprint density at radius 3 is 1.78 bits per heavy atom. The maximum atomic E-state index is 14.6. The van der Waals surface area contributed by atoms with Crippen LogP contribution in [0.2, 0.25) is 0 Å². The molecule has 3 aromatic carbocycles. The molecule has 1 aliphatic carbocycles. The third-order valence-corrected chi connectivity index (χ3v) is 11.2.